The van der Waals surface area contributed by atoms with E-state index < -0.39 is 0 Å². The lowest BCUT2D eigenvalue weighted by atomic mass is 9.77. The molecule has 0 bridgehead atoms. The van der Waals surface area contributed by atoms with Crippen LogP contribution >= 0.6 is 0 Å². The van der Waals surface area contributed by atoms with Crippen molar-refractivity contribution in [2.24, 2.45) is 16.1 Å². The first-order chi connectivity index (χ1) is 15.8. The molecule has 2 aromatic rings. The van der Waals surface area contributed by atoms with Crippen molar-refractivity contribution in [2.45, 2.75) is 83.5 Å². The lowest BCUT2D eigenvalue weighted by molar-refractivity contribution is 0.308. The molecule has 2 nitrogen and oxygen atoms in total. The first-order valence-electron chi connectivity index (χ1n) is 12.6. The number of unbranched alkanes of at least 4 members (excludes halogenated alkanes) is 3. The van der Waals surface area contributed by atoms with Gasteiger partial charge in [-0.3, -0.25) is 0 Å². The van der Waals surface area contributed by atoms with Crippen molar-refractivity contribution in [3.63, 3.8) is 0 Å². The van der Waals surface area contributed by atoms with Gasteiger partial charge in [0.05, 0.1) is 12.4 Å². The molecule has 0 heterocycles. The van der Waals surface area contributed by atoms with Crippen LogP contribution in [0, 0.1) is 5.92 Å². The Bertz CT molecular complexity index is 837. The van der Waals surface area contributed by atoms with Crippen LogP contribution in [0.3, 0.4) is 0 Å². The molecule has 0 aromatic heterocycles. The van der Waals surface area contributed by atoms with Gasteiger partial charge in [-0.15, -0.1) is 6.58 Å². The number of hydrogen-bond donors (Lipinski definition) is 0. The first-order valence-corrected chi connectivity index (χ1v) is 12.6. The predicted molar refractivity (Wildman–Crippen MR) is 140 cm³/mol. The molecule has 2 heteroatoms. The Morgan fingerprint density at radius 1 is 0.812 bits per heavy atom. The molecule has 0 atom stereocenters. The Morgan fingerprint density at radius 3 is 2.03 bits per heavy atom. The third kappa shape index (κ3) is 8.22. The Morgan fingerprint density at radius 2 is 1.44 bits per heavy atom. The second-order valence-electron chi connectivity index (χ2n) is 9.29. The summed E-state index contributed by atoms with van der Waals surface area (Å²) in [7, 11) is 0. The van der Waals surface area contributed by atoms with Crippen molar-refractivity contribution >= 4 is 12.4 Å². The van der Waals surface area contributed by atoms with E-state index in [2.05, 4.69) is 72.2 Å². The Balaban J connectivity index is 1.42. The standard InChI is InChI=1S/C30H40N2/c1-3-5-6-7-8-10-26-11-13-27(14-12-26)23-31-32-24-28-17-21-30(22-18-28)29-19-15-25(9-4-2)16-20-29/h3,11-14,17-18,21-25,29H,1,4-10,15-16,19-20H2,2H3/b31-23+,32-24+. The fourth-order valence-corrected chi connectivity index (χ4v) is 4.81. The van der Waals surface area contributed by atoms with E-state index >= 15 is 0 Å². The number of rotatable bonds is 12. The zero-order valence-electron chi connectivity index (χ0n) is 19.9. The molecule has 2 aromatic carbocycles. The molecule has 1 saturated carbocycles. The van der Waals surface area contributed by atoms with Crippen molar-refractivity contribution in [3.8, 4) is 0 Å². The quantitative estimate of drug-likeness (QED) is 0.140. The van der Waals surface area contributed by atoms with Crippen molar-refractivity contribution in [1.29, 1.82) is 0 Å². The fraction of sp³-hybridized carbons (Fsp3) is 0.467. The summed E-state index contributed by atoms with van der Waals surface area (Å²) in [6, 6.07) is 17.6. The smallest absolute Gasteiger partial charge is 0.0568 e. The van der Waals surface area contributed by atoms with E-state index in [4.69, 9.17) is 0 Å². The summed E-state index contributed by atoms with van der Waals surface area (Å²) in [4.78, 5) is 0. The summed E-state index contributed by atoms with van der Waals surface area (Å²) in [6.07, 6.45) is 19.9. The molecule has 1 aliphatic carbocycles. The van der Waals surface area contributed by atoms with Gasteiger partial charge in [-0.2, -0.15) is 10.2 Å². The van der Waals surface area contributed by atoms with Crippen LogP contribution in [-0.4, -0.2) is 12.4 Å². The van der Waals surface area contributed by atoms with Gasteiger partial charge in [-0.25, -0.2) is 0 Å². The number of nitrogens with zero attached hydrogens (tertiary/aromatic N) is 2. The molecule has 0 spiro atoms. The predicted octanol–water partition coefficient (Wildman–Crippen LogP) is 8.50. The van der Waals surface area contributed by atoms with E-state index in [1.807, 2.05) is 18.5 Å². The minimum Gasteiger partial charge on any atom is -0.159 e. The van der Waals surface area contributed by atoms with Gasteiger partial charge < -0.3 is 0 Å². The van der Waals surface area contributed by atoms with Crippen LogP contribution in [0.5, 0.6) is 0 Å². The maximum Gasteiger partial charge on any atom is 0.0568 e. The van der Waals surface area contributed by atoms with Gasteiger partial charge in [-0.05, 0) is 85.5 Å². The molecule has 0 radical (unpaired) electrons. The molecule has 0 N–H and O–H groups in total. The van der Waals surface area contributed by atoms with Gasteiger partial charge in [0.1, 0.15) is 0 Å². The van der Waals surface area contributed by atoms with Gasteiger partial charge >= 0.3 is 0 Å². The summed E-state index contributed by atoms with van der Waals surface area (Å²) in [5, 5.41) is 8.48. The van der Waals surface area contributed by atoms with Gasteiger partial charge in [0, 0.05) is 0 Å². The SMILES string of the molecule is C=CCCCCCc1ccc(/C=N/N=C/c2ccc(C3CCC(CCC)CC3)cc2)cc1. The maximum absolute atomic E-state index is 4.25. The Labute approximate surface area is 195 Å². The number of benzene rings is 2. The highest BCUT2D eigenvalue weighted by atomic mass is 15.2. The van der Waals surface area contributed by atoms with Crippen molar-refractivity contribution in [1.82, 2.24) is 0 Å². The monoisotopic (exact) mass is 428 g/mol. The van der Waals surface area contributed by atoms with Crippen molar-refractivity contribution in [3.05, 3.63) is 83.4 Å². The van der Waals surface area contributed by atoms with Crippen LogP contribution < -0.4 is 0 Å². The molecular weight excluding hydrogens is 388 g/mol. The largest absolute Gasteiger partial charge is 0.159 e. The van der Waals surface area contributed by atoms with E-state index in [1.165, 1.54) is 68.9 Å². The van der Waals surface area contributed by atoms with Crippen LogP contribution in [0.25, 0.3) is 0 Å². The third-order valence-electron chi connectivity index (χ3n) is 6.79. The molecule has 1 aliphatic rings. The molecule has 0 unspecified atom stereocenters. The van der Waals surface area contributed by atoms with Crippen LogP contribution in [0.15, 0.2) is 71.4 Å². The summed E-state index contributed by atoms with van der Waals surface area (Å²) < 4.78 is 0. The van der Waals surface area contributed by atoms with E-state index in [-0.39, 0.29) is 0 Å². The average molecular weight is 429 g/mol. The van der Waals surface area contributed by atoms with Gasteiger partial charge in [0.25, 0.3) is 0 Å². The molecule has 170 valence electrons. The summed E-state index contributed by atoms with van der Waals surface area (Å²) in [6.45, 7) is 6.09. The minimum atomic E-state index is 0.738. The zero-order valence-corrected chi connectivity index (χ0v) is 19.9. The van der Waals surface area contributed by atoms with E-state index in [0.717, 1.165) is 35.8 Å². The van der Waals surface area contributed by atoms with Crippen LogP contribution in [0.2, 0.25) is 0 Å². The molecule has 1 fully saturated rings. The molecule has 0 aliphatic heterocycles. The molecule has 0 saturated heterocycles. The number of aryl methyl sites for hydroxylation is 1. The highest BCUT2D eigenvalue weighted by Crippen LogP contribution is 2.37. The second-order valence-corrected chi connectivity index (χ2v) is 9.29. The topological polar surface area (TPSA) is 24.7 Å². The zero-order chi connectivity index (χ0) is 22.4. The summed E-state index contributed by atoms with van der Waals surface area (Å²) >= 11 is 0. The minimum absolute atomic E-state index is 0.738. The van der Waals surface area contributed by atoms with Crippen LogP contribution in [0.4, 0.5) is 0 Å². The van der Waals surface area contributed by atoms with E-state index in [1.54, 1.807) is 0 Å². The lowest BCUT2D eigenvalue weighted by Gasteiger charge is -2.28. The number of allylic oxidation sites excluding steroid dienone is 1. The van der Waals surface area contributed by atoms with E-state index in [9.17, 15) is 0 Å². The highest BCUT2D eigenvalue weighted by molar-refractivity contribution is 5.82. The molecule has 3 rings (SSSR count). The Hall–Kier alpha value is -2.48. The maximum atomic E-state index is 4.25. The summed E-state index contributed by atoms with van der Waals surface area (Å²) in [5.74, 6) is 1.70. The van der Waals surface area contributed by atoms with Crippen LogP contribution in [-0.2, 0) is 6.42 Å². The van der Waals surface area contributed by atoms with Gasteiger partial charge in [0.2, 0.25) is 0 Å². The first kappa shape index (κ1) is 24.2. The summed E-state index contributed by atoms with van der Waals surface area (Å²) in [5.41, 5.74) is 5.08. The lowest BCUT2D eigenvalue weighted by Crippen LogP contribution is -2.13. The van der Waals surface area contributed by atoms with Crippen molar-refractivity contribution < 1.29 is 0 Å². The second kappa shape index (κ2) is 13.8. The molecule has 32 heavy (non-hydrogen) atoms. The molecular formula is C30H40N2. The normalized spacial score (nSPS) is 19.0. The van der Waals surface area contributed by atoms with E-state index in [0.29, 0.717) is 0 Å². The fourth-order valence-electron chi connectivity index (χ4n) is 4.81. The molecule has 0 amide bonds. The van der Waals surface area contributed by atoms with Gasteiger partial charge in [0.15, 0.2) is 0 Å². The van der Waals surface area contributed by atoms with Gasteiger partial charge in [-0.1, -0.05) is 80.8 Å². The average Bonchev–Trinajstić information content (AvgIpc) is 2.84. The third-order valence-corrected chi connectivity index (χ3v) is 6.79. The van der Waals surface area contributed by atoms with Crippen molar-refractivity contribution in [2.75, 3.05) is 0 Å². The Kier molecular flexibility index (Phi) is 10.4. The number of hydrogen-bond acceptors (Lipinski definition) is 2. The highest BCUT2D eigenvalue weighted by Gasteiger charge is 2.21. The van der Waals surface area contributed by atoms with Crippen LogP contribution in [0.1, 0.15) is 99.3 Å².